The lowest BCUT2D eigenvalue weighted by molar-refractivity contribution is -0.0306. The lowest BCUT2D eigenvalue weighted by atomic mass is 10.1. The number of esters is 1. The summed E-state index contributed by atoms with van der Waals surface area (Å²) < 4.78 is 12.6. The molecule has 3 heterocycles. The summed E-state index contributed by atoms with van der Waals surface area (Å²) in [5, 5.41) is 7.97. The van der Waals surface area contributed by atoms with E-state index in [1.165, 1.54) is 6.20 Å². The summed E-state index contributed by atoms with van der Waals surface area (Å²) in [6, 6.07) is 1.77. The highest BCUT2D eigenvalue weighted by Gasteiger charge is 2.21. The Balaban J connectivity index is 1.81. The second kappa shape index (κ2) is 7.46. The molecule has 3 rings (SSSR count). The predicted molar refractivity (Wildman–Crippen MR) is 89.5 cm³/mol. The monoisotopic (exact) mass is 352 g/mol. The lowest BCUT2D eigenvalue weighted by Gasteiger charge is -2.28. The van der Waals surface area contributed by atoms with E-state index in [9.17, 15) is 4.79 Å². The maximum absolute atomic E-state index is 12.0. The molecule has 8 heteroatoms. The summed E-state index contributed by atoms with van der Waals surface area (Å²) in [7, 11) is 0. The van der Waals surface area contributed by atoms with Gasteiger partial charge in [-0.2, -0.15) is 5.10 Å². The van der Waals surface area contributed by atoms with Gasteiger partial charge in [-0.25, -0.2) is 14.3 Å². The largest absolute Gasteiger partial charge is 0.462 e. The molecule has 0 spiro atoms. The first-order valence-electron chi connectivity index (χ1n) is 8.15. The first-order valence-corrected chi connectivity index (χ1v) is 8.52. The average molecular weight is 353 g/mol. The Morgan fingerprint density at radius 3 is 3.12 bits per heavy atom. The van der Waals surface area contributed by atoms with Crippen molar-refractivity contribution in [2.75, 3.05) is 19.7 Å². The minimum atomic E-state index is -0.443. The second-order valence-electron chi connectivity index (χ2n) is 5.85. The fraction of sp³-hybridized carbons (Fsp3) is 0.562. The van der Waals surface area contributed by atoms with Gasteiger partial charge >= 0.3 is 5.97 Å². The molecule has 0 unspecified atom stereocenters. The number of carbonyl (C=O) groups excluding carboxylic acids is 1. The third kappa shape index (κ3) is 3.68. The number of ether oxygens (including phenoxy) is 2. The smallest absolute Gasteiger partial charge is 0.343 e. The first kappa shape index (κ1) is 17.1. The molecule has 1 N–H and O–H groups in total. The van der Waals surface area contributed by atoms with Gasteiger partial charge in [0, 0.05) is 18.8 Å². The minimum absolute atomic E-state index is 0.149. The third-order valence-electron chi connectivity index (χ3n) is 3.96. The second-order valence-corrected chi connectivity index (χ2v) is 6.24. The molecule has 2 aromatic rings. The van der Waals surface area contributed by atoms with Crippen molar-refractivity contribution >= 4 is 23.2 Å². The number of morpholine rings is 1. The number of carbonyl (C=O) groups is 1. The highest BCUT2D eigenvalue weighted by molar-refractivity contribution is 6.29. The standard InChI is InChI=1S/C16H21ClN4O3/c1-3-23-16(22)13-9-19-21-11(6-14(17)20-15(13)21)4-5-12-8-18-7-10(2)24-12/h6,9-10,12,18H,3-5,7-8H2,1-2H3/t10-,12-/m0/s1. The fourth-order valence-electron chi connectivity index (χ4n) is 2.87. The molecule has 130 valence electrons. The van der Waals surface area contributed by atoms with Crippen LogP contribution in [-0.4, -0.2) is 52.5 Å². The molecule has 1 aliphatic rings. The van der Waals surface area contributed by atoms with Crippen molar-refractivity contribution in [3.63, 3.8) is 0 Å². The molecule has 24 heavy (non-hydrogen) atoms. The van der Waals surface area contributed by atoms with Crippen LogP contribution in [0.15, 0.2) is 12.3 Å². The zero-order valence-electron chi connectivity index (χ0n) is 13.8. The minimum Gasteiger partial charge on any atom is -0.462 e. The normalized spacial score (nSPS) is 21.1. The fourth-order valence-corrected chi connectivity index (χ4v) is 3.08. The van der Waals surface area contributed by atoms with Gasteiger partial charge in [-0.3, -0.25) is 0 Å². The van der Waals surface area contributed by atoms with Crippen LogP contribution in [0.3, 0.4) is 0 Å². The highest BCUT2D eigenvalue weighted by atomic mass is 35.5. The number of rotatable bonds is 5. The van der Waals surface area contributed by atoms with Crippen LogP contribution in [0.2, 0.25) is 5.15 Å². The first-order chi connectivity index (χ1) is 11.6. The molecule has 7 nitrogen and oxygen atoms in total. The van der Waals surface area contributed by atoms with Gasteiger partial charge in [-0.1, -0.05) is 11.6 Å². The molecule has 0 bridgehead atoms. The van der Waals surface area contributed by atoms with E-state index in [2.05, 4.69) is 22.3 Å². The predicted octanol–water partition coefficient (Wildman–Crippen LogP) is 1.87. The lowest BCUT2D eigenvalue weighted by Crippen LogP contribution is -2.43. The zero-order valence-corrected chi connectivity index (χ0v) is 14.5. The van der Waals surface area contributed by atoms with Crippen molar-refractivity contribution in [3.05, 3.63) is 28.7 Å². The van der Waals surface area contributed by atoms with Crippen molar-refractivity contribution in [1.29, 1.82) is 0 Å². The van der Waals surface area contributed by atoms with Gasteiger partial charge in [-0.05, 0) is 32.8 Å². The Hall–Kier alpha value is -1.70. The summed E-state index contributed by atoms with van der Waals surface area (Å²) in [6.45, 7) is 5.82. The summed E-state index contributed by atoms with van der Waals surface area (Å²) in [5.41, 5.74) is 1.64. The van der Waals surface area contributed by atoms with Gasteiger partial charge in [0.2, 0.25) is 0 Å². The summed E-state index contributed by atoms with van der Waals surface area (Å²) >= 11 is 6.13. The number of halogens is 1. The summed E-state index contributed by atoms with van der Waals surface area (Å²) in [4.78, 5) is 16.2. The molecular weight excluding hydrogens is 332 g/mol. The summed E-state index contributed by atoms with van der Waals surface area (Å²) in [5.74, 6) is -0.443. The van der Waals surface area contributed by atoms with Crippen LogP contribution in [-0.2, 0) is 15.9 Å². The van der Waals surface area contributed by atoms with Gasteiger partial charge in [0.1, 0.15) is 10.7 Å². The maximum Gasteiger partial charge on any atom is 0.343 e. The van der Waals surface area contributed by atoms with E-state index in [-0.39, 0.29) is 12.2 Å². The van der Waals surface area contributed by atoms with Crippen LogP contribution in [0.25, 0.3) is 5.65 Å². The van der Waals surface area contributed by atoms with E-state index in [1.54, 1.807) is 17.5 Å². The zero-order chi connectivity index (χ0) is 17.1. The number of aryl methyl sites for hydroxylation is 1. The van der Waals surface area contributed by atoms with Crippen molar-refractivity contribution in [3.8, 4) is 0 Å². The number of nitrogens with zero attached hydrogens (tertiary/aromatic N) is 3. The third-order valence-corrected chi connectivity index (χ3v) is 4.15. The van der Waals surface area contributed by atoms with E-state index in [0.717, 1.165) is 31.6 Å². The Labute approximate surface area is 145 Å². The van der Waals surface area contributed by atoms with Crippen LogP contribution in [0, 0.1) is 0 Å². The Bertz CT molecular complexity index is 733. The van der Waals surface area contributed by atoms with Crippen LogP contribution >= 0.6 is 11.6 Å². The number of hydrogen-bond donors (Lipinski definition) is 1. The molecule has 0 radical (unpaired) electrons. The van der Waals surface area contributed by atoms with Gasteiger partial charge in [0.05, 0.1) is 25.0 Å². The van der Waals surface area contributed by atoms with Crippen molar-refractivity contribution in [2.24, 2.45) is 0 Å². The molecule has 0 aromatic carbocycles. The van der Waals surface area contributed by atoms with E-state index >= 15 is 0 Å². The van der Waals surface area contributed by atoms with Gasteiger partial charge in [0.15, 0.2) is 5.65 Å². The molecular formula is C16H21ClN4O3. The molecule has 1 fully saturated rings. The topological polar surface area (TPSA) is 77.8 Å². The molecule has 1 saturated heterocycles. The van der Waals surface area contributed by atoms with E-state index in [4.69, 9.17) is 21.1 Å². The SMILES string of the molecule is CCOC(=O)c1cnn2c(CC[C@H]3CNC[C@H](C)O3)cc(Cl)nc12. The molecule has 0 aliphatic carbocycles. The highest BCUT2D eigenvalue weighted by Crippen LogP contribution is 2.19. The van der Waals surface area contributed by atoms with Crippen LogP contribution in [0.1, 0.15) is 36.3 Å². The molecule has 0 amide bonds. The summed E-state index contributed by atoms with van der Waals surface area (Å²) in [6.07, 6.45) is 3.39. The van der Waals surface area contributed by atoms with Crippen molar-refractivity contribution in [1.82, 2.24) is 19.9 Å². The Morgan fingerprint density at radius 1 is 1.54 bits per heavy atom. The van der Waals surface area contributed by atoms with E-state index < -0.39 is 5.97 Å². The number of aromatic nitrogens is 3. The number of nitrogens with one attached hydrogen (secondary N) is 1. The van der Waals surface area contributed by atoms with E-state index in [0.29, 0.717) is 23.0 Å². The Morgan fingerprint density at radius 2 is 2.38 bits per heavy atom. The molecule has 1 aliphatic heterocycles. The quantitative estimate of drug-likeness (QED) is 0.654. The number of hydrogen-bond acceptors (Lipinski definition) is 6. The van der Waals surface area contributed by atoms with Crippen molar-refractivity contribution in [2.45, 2.75) is 38.9 Å². The van der Waals surface area contributed by atoms with Gasteiger partial charge in [-0.15, -0.1) is 0 Å². The maximum atomic E-state index is 12.0. The van der Waals surface area contributed by atoms with Crippen molar-refractivity contribution < 1.29 is 14.3 Å². The number of fused-ring (bicyclic) bond motifs is 1. The van der Waals surface area contributed by atoms with Crippen LogP contribution < -0.4 is 5.32 Å². The Kier molecular flexibility index (Phi) is 5.33. The average Bonchev–Trinajstić information content (AvgIpc) is 2.96. The molecule has 2 aromatic heterocycles. The van der Waals surface area contributed by atoms with E-state index in [1.807, 2.05) is 0 Å². The van der Waals surface area contributed by atoms with Crippen LogP contribution in [0.4, 0.5) is 0 Å². The van der Waals surface area contributed by atoms with Crippen LogP contribution in [0.5, 0.6) is 0 Å². The molecule has 0 saturated carbocycles. The molecule has 2 atom stereocenters. The van der Waals surface area contributed by atoms with Gasteiger partial charge in [0.25, 0.3) is 0 Å². The van der Waals surface area contributed by atoms with Gasteiger partial charge < -0.3 is 14.8 Å².